The van der Waals surface area contributed by atoms with Gasteiger partial charge in [-0.3, -0.25) is 4.79 Å². The molecule has 0 saturated heterocycles. The van der Waals surface area contributed by atoms with Gasteiger partial charge in [-0.05, 0) is 42.5 Å². The van der Waals surface area contributed by atoms with Crippen molar-refractivity contribution in [2.75, 3.05) is 17.2 Å². The molecular weight excluding hydrogens is 286 g/mol. The van der Waals surface area contributed by atoms with Crippen molar-refractivity contribution in [3.05, 3.63) is 59.1 Å². The Balaban J connectivity index is 1.78. The van der Waals surface area contributed by atoms with Crippen LogP contribution in [0.15, 0.2) is 48.5 Å². The fourth-order valence-electron chi connectivity index (χ4n) is 1.77. The van der Waals surface area contributed by atoms with Crippen LogP contribution in [0.2, 0.25) is 5.02 Å². The molecule has 2 rings (SSSR count). The number of benzene rings is 2. The molecule has 21 heavy (non-hydrogen) atoms. The van der Waals surface area contributed by atoms with Gasteiger partial charge in [-0.1, -0.05) is 17.7 Å². The largest absolute Gasteiger partial charge is 0.384 e. The number of carbonyl (C=O) groups excluding carboxylic acids is 1. The van der Waals surface area contributed by atoms with Gasteiger partial charge in [0.2, 0.25) is 5.91 Å². The number of nitrogens with zero attached hydrogens (tertiary/aromatic N) is 1. The second-order valence-corrected chi connectivity index (χ2v) is 4.86. The second kappa shape index (κ2) is 7.32. The van der Waals surface area contributed by atoms with Crippen LogP contribution in [0.3, 0.4) is 0 Å². The molecule has 5 heteroatoms. The van der Waals surface area contributed by atoms with Gasteiger partial charge in [0.1, 0.15) is 0 Å². The molecule has 0 aromatic heterocycles. The first-order chi connectivity index (χ1) is 10.2. The van der Waals surface area contributed by atoms with Gasteiger partial charge in [-0.25, -0.2) is 0 Å². The van der Waals surface area contributed by atoms with Crippen LogP contribution < -0.4 is 10.6 Å². The van der Waals surface area contributed by atoms with Crippen LogP contribution in [0, 0.1) is 11.3 Å². The number of hydrogen-bond donors (Lipinski definition) is 2. The van der Waals surface area contributed by atoms with E-state index in [1.807, 2.05) is 18.2 Å². The van der Waals surface area contributed by atoms with Crippen molar-refractivity contribution in [1.29, 1.82) is 5.26 Å². The Morgan fingerprint density at radius 1 is 1.14 bits per heavy atom. The summed E-state index contributed by atoms with van der Waals surface area (Å²) in [7, 11) is 0. The van der Waals surface area contributed by atoms with Gasteiger partial charge < -0.3 is 10.6 Å². The zero-order valence-corrected chi connectivity index (χ0v) is 12.0. The first-order valence-corrected chi connectivity index (χ1v) is 6.84. The van der Waals surface area contributed by atoms with E-state index in [0.717, 1.165) is 5.69 Å². The first-order valence-electron chi connectivity index (χ1n) is 6.47. The number of halogens is 1. The lowest BCUT2D eigenvalue weighted by Crippen LogP contribution is -2.16. The highest BCUT2D eigenvalue weighted by Crippen LogP contribution is 2.15. The van der Waals surface area contributed by atoms with E-state index in [0.29, 0.717) is 29.2 Å². The summed E-state index contributed by atoms with van der Waals surface area (Å²) < 4.78 is 0. The summed E-state index contributed by atoms with van der Waals surface area (Å²) in [6.07, 6.45) is 0.340. The standard InChI is InChI=1S/C16H14ClN3O/c17-13-2-1-3-15(10-13)19-9-8-16(21)20-14-6-4-12(11-18)5-7-14/h1-7,10,19H,8-9H2,(H,20,21). The van der Waals surface area contributed by atoms with Gasteiger partial charge in [0.15, 0.2) is 0 Å². The fraction of sp³-hybridized carbons (Fsp3) is 0.125. The van der Waals surface area contributed by atoms with E-state index >= 15 is 0 Å². The maximum atomic E-state index is 11.8. The number of amides is 1. The molecule has 0 aliphatic carbocycles. The zero-order valence-electron chi connectivity index (χ0n) is 11.3. The van der Waals surface area contributed by atoms with Crippen molar-refractivity contribution in [3.63, 3.8) is 0 Å². The van der Waals surface area contributed by atoms with Crippen molar-refractivity contribution in [3.8, 4) is 6.07 Å². The molecule has 0 bridgehead atoms. The third kappa shape index (κ3) is 4.83. The molecule has 0 fully saturated rings. The van der Waals surface area contributed by atoms with Crippen molar-refractivity contribution < 1.29 is 4.79 Å². The number of carbonyl (C=O) groups is 1. The molecule has 0 atom stereocenters. The highest BCUT2D eigenvalue weighted by atomic mass is 35.5. The molecule has 4 nitrogen and oxygen atoms in total. The highest BCUT2D eigenvalue weighted by Gasteiger charge is 2.02. The third-order valence-corrected chi connectivity index (χ3v) is 3.04. The number of hydrogen-bond acceptors (Lipinski definition) is 3. The van der Waals surface area contributed by atoms with Crippen LogP contribution in [0.4, 0.5) is 11.4 Å². The van der Waals surface area contributed by atoms with Crippen molar-refractivity contribution in [1.82, 2.24) is 0 Å². The number of nitrogens with one attached hydrogen (secondary N) is 2. The number of nitriles is 1. The van der Waals surface area contributed by atoms with E-state index in [-0.39, 0.29) is 5.91 Å². The summed E-state index contributed by atoms with van der Waals surface area (Å²) in [6, 6.07) is 16.1. The van der Waals surface area contributed by atoms with E-state index < -0.39 is 0 Å². The van der Waals surface area contributed by atoms with Crippen LogP contribution in [0.1, 0.15) is 12.0 Å². The average molecular weight is 300 g/mol. The normalized spacial score (nSPS) is 9.71. The summed E-state index contributed by atoms with van der Waals surface area (Å²) >= 11 is 5.88. The minimum Gasteiger partial charge on any atom is -0.384 e. The summed E-state index contributed by atoms with van der Waals surface area (Å²) in [5, 5.41) is 15.3. The molecule has 106 valence electrons. The Bertz CT molecular complexity index is 662. The predicted octanol–water partition coefficient (Wildman–Crippen LogP) is 3.65. The van der Waals surface area contributed by atoms with Crippen LogP contribution in [-0.4, -0.2) is 12.5 Å². The Hall–Kier alpha value is -2.51. The van der Waals surface area contributed by atoms with E-state index in [4.69, 9.17) is 16.9 Å². The van der Waals surface area contributed by atoms with Gasteiger partial charge in [-0.15, -0.1) is 0 Å². The van der Waals surface area contributed by atoms with Crippen molar-refractivity contribution in [2.24, 2.45) is 0 Å². The molecule has 2 aromatic carbocycles. The van der Waals surface area contributed by atoms with Gasteiger partial charge in [0.25, 0.3) is 0 Å². The number of rotatable bonds is 5. The molecule has 0 saturated carbocycles. The maximum Gasteiger partial charge on any atom is 0.226 e. The Kier molecular flexibility index (Phi) is 5.19. The van der Waals surface area contributed by atoms with Crippen LogP contribution in [0.5, 0.6) is 0 Å². The first kappa shape index (κ1) is 14.9. The Morgan fingerprint density at radius 3 is 2.57 bits per heavy atom. The topological polar surface area (TPSA) is 64.9 Å². The molecule has 0 spiro atoms. The zero-order chi connectivity index (χ0) is 15.1. The molecule has 1 amide bonds. The van der Waals surface area contributed by atoms with E-state index in [1.54, 1.807) is 36.4 Å². The maximum absolute atomic E-state index is 11.8. The van der Waals surface area contributed by atoms with Crippen LogP contribution in [0.25, 0.3) is 0 Å². The lowest BCUT2D eigenvalue weighted by Gasteiger charge is -2.08. The lowest BCUT2D eigenvalue weighted by atomic mass is 10.2. The Morgan fingerprint density at radius 2 is 1.90 bits per heavy atom. The molecule has 2 aromatic rings. The Labute approximate surface area is 128 Å². The predicted molar refractivity (Wildman–Crippen MR) is 84.3 cm³/mol. The van der Waals surface area contributed by atoms with Crippen LogP contribution >= 0.6 is 11.6 Å². The average Bonchev–Trinajstić information content (AvgIpc) is 2.48. The van der Waals surface area contributed by atoms with E-state index in [1.165, 1.54) is 0 Å². The summed E-state index contributed by atoms with van der Waals surface area (Å²) in [5.74, 6) is -0.0887. The lowest BCUT2D eigenvalue weighted by molar-refractivity contribution is -0.115. The van der Waals surface area contributed by atoms with Gasteiger partial charge in [0, 0.05) is 29.4 Å². The molecule has 2 N–H and O–H groups in total. The molecular formula is C16H14ClN3O. The monoisotopic (exact) mass is 299 g/mol. The quantitative estimate of drug-likeness (QED) is 0.885. The smallest absolute Gasteiger partial charge is 0.226 e. The summed E-state index contributed by atoms with van der Waals surface area (Å²) in [4.78, 5) is 11.8. The summed E-state index contributed by atoms with van der Waals surface area (Å²) in [6.45, 7) is 0.516. The van der Waals surface area contributed by atoms with Gasteiger partial charge in [-0.2, -0.15) is 5.26 Å². The van der Waals surface area contributed by atoms with Crippen LogP contribution in [-0.2, 0) is 4.79 Å². The van der Waals surface area contributed by atoms with E-state index in [9.17, 15) is 4.79 Å². The minimum atomic E-state index is -0.0887. The molecule has 0 heterocycles. The molecule has 0 unspecified atom stereocenters. The SMILES string of the molecule is N#Cc1ccc(NC(=O)CCNc2cccc(Cl)c2)cc1. The fourth-order valence-corrected chi connectivity index (χ4v) is 1.96. The molecule has 0 radical (unpaired) electrons. The van der Waals surface area contributed by atoms with E-state index in [2.05, 4.69) is 10.6 Å². The van der Waals surface area contributed by atoms with Crippen molar-refractivity contribution in [2.45, 2.75) is 6.42 Å². The molecule has 0 aliphatic heterocycles. The second-order valence-electron chi connectivity index (χ2n) is 4.42. The molecule has 0 aliphatic rings. The van der Waals surface area contributed by atoms with Gasteiger partial charge >= 0.3 is 0 Å². The minimum absolute atomic E-state index is 0.0887. The number of anilines is 2. The van der Waals surface area contributed by atoms with Gasteiger partial charge in [0.05, 0.1) is 11.6 Å². The third-order valence-electron chi connectivity index (χ3n) is 2.80. The summed E-state index contributed by atoms with van der Waals surface area (Å²) in [5.41, 5.74) is 2.13. The highest BCUT2D eigenvalue weighted by molar-refractivity contribution is 6.30. The van der Waals surface area contributed by atoms with Crippen molar-refractivity contribution >= 4 is 28.9 Å².